The van der Waals surface area contributed by atoms with Gasteiger partial charge in [-0.3, -0.25) is 14.4 Å². The first-order valence-corrected chi connectivity index (χ1v) is 32.8. The lowest BCUT2D eigenvalue weighted by Crippen LogP contribution is -2.30. The van der Waals surface area contributed by atoms with E-state index in [1.165, 1.54) is 199 Å². The van der Waals surface area contributed by atoms with Gasteiger partial charge in [0.2, 0.25) is 0 Å². The van der Waals surface area contributed by atoms with Gasteiger partial charge in [0.1, 0.15) is 13.2 Å². The average molecular weight is 1050 g/mol. The zero-order valence-electron chi connectivity index (χ0n) is 50.1. The molecule has 1 unspecified atom stereocenters. The van der Waals surface area contributed by atoms with Gasteiger partial charge < -0.3 is 14.2 Å². The van der Waals surface area contributed by atoms with E-state index < -0.39 is 6.10 Å². The van der Waals surface area contributed by atoms with Crippen LogP contribution in [0.5, 0.6) is 0 Å². The Kier molecular flexibility index (Phi) is 61.2. The predicted molar refractivity (Wildman–Crippen MR) is 325 cm³/mol. The Labute approximate surface area is 466 Å². The molecule has 0 fully saturated rings. The lowest BCUT2D eigenvalue weighted by molar-refractivity contribution is -0.167. The van der Waals surface area contributed by atoms with Crippen LogP contribution < -0.4 is 0 Å². The standard InChI is InChI=1S/C69H124O6/c1-4-7-10-13-16-19-22-25-28-30-31-32-33-34-35-36-37-38-40-41-44-47-50-53-56-59-62-68(71)74-65-66(64-73-67(70)61-58-55-52-49-46-43-27-24-21-18-15-12-9-6-3)75-69(72)63-60-57-54-51-48-45-42-39-29-26-23-20-17-14-11-8-5-2/h8,11,17,20,24,26-27,29,42,45,66H,4-7,9-10,12-16,18-19,21-23,25,28,30-41,43-44,46-65H2,1-3H3/b11-8-,20-17-,27-24-,29-26-,45-42-. The molecule has 0 aromatic carbocycles. The van der Waals surface area contributed by atoms with E-state index in [0.717, 1.165) is 103 Å². The molecule has 0 rings (SSSR count). The van der Waals surface area contributed by atoms with Gasteiger partial charge in [-0.1, -0.05) is 300 Å². The molecule has 75 heavy (non-hydrogen) atoms. The van der Waals surface area contributed by atoms with Gasteiger partial charge in [0.25, 0.3) is 0 Å². The maximum absolute atomic E-state index is 12.9. The van der Waals surface area contributed by atoms with E-state index in [-0.39, 0.29) is 31.1 Å². The number of hydrogen-bond donors (Lipinski definition) is 0. The summed E-state index contributed by atoms with van der Waals surface area (Å²) >= 11 is 0. The van der Waals surface area contributed by atoms with Gasteiger partial charge in [0.05, 0.1) is 0 Å². The second-order valence-corrected chi connectivity index (χ2v) is 22.0. The summed E-state index contributed by atoms with van der Waals surface area (Å²) in [6.07, 6.45) is 81.0. The number of allylic oxidation sites excluding steroid dienone is 10. The van der Waals surface area contributed by atoms with Crippen LogP contribution in [0, 0.1) is 0 Å². The van der Waals surface area contributed by atoms with E-state index >= 15 is 0 Å². The number of unbranched alkanes of at least 4 members (excludes halogenated alkanes) is 39. The fourth-order valence-corrected chi connectivity index (χ4v) is 9.61. The first-order valence-electron chi connectivity index (χ1n) is 32.8. The number of carbonyl (C=O) groups excluding carboxylic acids is 3. The van der Waals surface area contributed by atoms with Crippen molar-refractivity contribution in [2.24, 2.45) is 0 Å². The van der Waals surface area contributed by atoms with Crippen molar-refractivity contribution < 1.29 is 28.6 Å². The topological polar surface area (TPSA) is 78.9 Å². The van der Waals surface area contributed by atoms with Crippen molar-refractivity contribution in [3.63, 3.8) is 0 Å². The molecular formula is C69H124O6. The molecule has 0 spiro atoms. The van der Waals surface area contributed by atoms with E-state index in [1.807, 2.05) is 0 Å². The Morgan fingerprint density at radius 1 is 0.280 bits per heavy atom. The van der Waals surface area contributed by atoms with Crippen LogP contribution in [0.4, 0.5) is 0 Å². The Balaban J connectivity index is 4.27. The van der Waals surface area contributed by atoms with Gasteiger partial charge >= 0.3 is 17.9 Å². The van der Waals surface area contributed by atoms with Crippen LogP contribution in [-0.2, 0) is 28.6 Å². The summed E-state index contributed by atoms with van der Waals surface area (Å²) in [7, 11) is 0. The molecule has 6 heteroatoms. The first-order chi connectivity index (χ1) is 37.0. The van der Waals surface area contributed by atoms with Crippen LogP contribution >= 0.6 is 0 Å². The highest BCUT2D eigenvalue weighted by Crippen LogP contribution is 2.18. The molecule has 0 aromatic rings. The number of rotatable bonds is 60. The quantitative estimate of drug-likeness (QED) is 0.0261. The maximum atomic E-state index is 12.9. The highest BCUT2D eigenvalue weighted by Gasteiger charge is 2.19. The number of hydrogen-bond acceptors (Lipinski definition) is 6. The Morgan fingerprint density at radius 3 is 0.827 bits per heavy atom. The van der Waals surface area contributed by atoms with Crippen LogP contribution in [0.15, 0.2) is 60.8 Å². The largest absolute Gasteiger partial charge is 0.462 e. The summed E-state index contributed by atoms with van der Waals surface area (Å²) in [5.74, 6) is -0.899. The minimum atomic E-state index is -0.790. The second kappa shape index (κ2) is 63.6. The van der Waals surface area contributed by atoms with Crippen molar-refractivity contribution in [1.29, 1.82) is 0 Å². The molecule has 0 saturated heterocycles. The summed E-state index contributed by atoms with van der Waals surface area (Å²) in [4.78, 5) is 38.3. The van der Waals surface area contributed by atoms with Crippen molar-refractivity contribution in [2.75, 3.05) is 13.2 Å². The molecule has 6 nitrogen and oxygen atoms in total. The van der Waals surface area contributed by atoms with E-state index in [9.17, 15) is 14.4 Å². The molecule has 0 aliphatic carbocycles. The van der Waals surface area contributed by atoms with Gasteiger partial charge in [0, 0.05) is 19.3 Å². The fourth-order valence-electron chi connectivity index (χ4n) is 9.61. The monoisotopic (exact) mass is 1050 g/mol. The molecule has 0 saturated carbocycles. The van der Waals surface area contributed by atoms with Crippen molar-refractivity contribution in [1.82, 2.24) is 0 Å². The summed E-state index contributed by atoms with van der Waals surface area (Å²) in [6.45, 7) is 6.54. The zero-order valence-corrected chi connectivity index (χ0v) is 50.1. The smallest absolute Gasteiger partial charge is 0.306 e. The van der Waals surface area contributed by atoms with E-state index in [2.05, 4.69) is 81.5 Å². The third-order valence-corrected chi connectivity index (χ3v) is 14.5. The molecule has 0 heterocycles. The fraction of sp³-hybridized carbons (Fsp3) is 0.812. The molecule has 0 bridgehead atoms. The van der Waals surface area contributed by atoms with Crippen molar-refractivity contribution in [3.8, 4) is 0 Å². The summed E-state index contributed by atoms with van der Waals surface area (Å²) in [5, 5.41) is 0. The van der Waals surface area contributed by atoms with Crippen molar-refractivity contribution >= 4 is 17.9 Å². The van der Waals surface area contributed by atoms with Crippen LogP contribution in [0.25, 0.3) is 0 Å². The number of ether oxygens (including phenoxy) is 3. The lowest BCUT2D eigenvalue weighted by Gasteiger charge is -2.18. The molecule has 0 radical (unpaired) electrons. The molecule has 0 aromatic heterocycles. The Hall–Kier alpha value is -2.89. The van der Waals surface area contributed by atoms with Crippen LogP contribution in [-0.4, -0.2) is 37.2 Å². The molecule has 0 N–H and O–H groups in total. The normalized spacial score (nSPS) is 12.4. The maximum Gasteiger partial charge on any atom is 0.306 e. The van der Waals surface area contributed by atoms with Gasteiger partial charge in [-0.2, -0.15) is 0 Å². The van der Waals surface area contributed by atoms with Crippen LogP contribution in [0.1, 0.15) is 342 Å². The molecule has 436 valence electrons. The van der Waals surface area contributed by atoms with E-state index in [1.54, 1.807) is 0 Å². The number of carbonyl (C=O) groups is 3. The zero-order chi connectivity index (χ0) is 54.3. The van der Waals surface area contributed by atoms with Crippen LogP contribution in [0.3, 0.4) is 0 Å². The van der Waals surface area contributed by atoms with E-state index in [0.29, 0.717) is 19.3 Å². The van der Waals surface area contributed by atoms with Crippen molar-refractivity contribution in [2.45, 2.75) is 348 Å². The third-order valence-electron chi connectivity index (χ3n) is 14.5. The van der Waals surface area contributed by atoms with E-state index in [4.69, 9.17) is 14.2 Å². The second-order valence-electron chi connectivity index (χ2n) is 22.0. The molecular weight excluding hydrogens is 925 g/mol. The summed E-state index contributed by atoms with van der Waals surface area (Å²) in [6, 6.07) is 0. The number of esters is 3. The Morgan fingerprint density at radius 2 is 0.520 bits per heavy atom. The minimum absolute atomic E-state index is 0.0838. The van der Waals surface area contributed by atoms with Gasteiger partial charge in [-0.15, -0.1) is 0 Å². The molecule has 0 aliphatic heterocycles. The van der Waals surface area contributed by atoms with Gasteiger partial charge in [-0.25, -0.2) is 0 Å². The predicted octanol–water partition coefficient (Wildman–Crippen LogP) is 22.3. The lowest BCUT2D eigenvalue weighted by atomic mass is 10.0. The Bertz CT molecular complexity index is 1340. The highest BCUT2D eigenvalue weighted by molar-refractivity contribution is 5.71. The van der Waals surface area contributed by atoms with Gasteiger partial charge in [0.15, 0.2) is 6.10 Å². The van der Waals surface area contributed by atoms with Crippen molar-refractivity contribution in [3.05, 3.63) is 60.8 Å². The molecule has 1 atom stereocenters. The molecule has 0 aliphatic rings. The average Bonchev–Trinajstić information content (AvgIpc) is 3.41. The SMILES string of the molecule is CC/C=C\C/C=C\C/C=C\C/C=C\CCCCCCC(=O)OC(COC(=O)CCCCCCC/C=C\CCCCCCC)COC(=O)CCCCCCCCCCCCCCCCCCCCCCCCCCCC. The summed E-state index contributed by atoms with van der Waals surface area (Å²) in [5.41, 5.74) is 0. The third kappa shape index (κ3) is 61.8. The first kappa shape index (κ1) is 72.1. The summed E-state index contributed by atoms with van der Waals surface area (Å²) < 4.78 is 16.9. The van der Waals surface area contributed by atoms with Crippen LogP contribution in [0.2, 0.25) is 0 Å². The minimum Gasteiger partial charge on any atom is -0.462 e. The molecule has 0 amide bonds. The van der Waals surface area contributed by atoms with Gasteiger partial charge in [-0.05, 0) is 83.5 Å². The highest BCUT2D eigenvalue weighted by atomic mass is 16.6.